The molecule has 0 fully saturated rings. The molecule has 9 aromatic rings. The molecule has 0 bridgehead atoms. The molecule has 0 atom stereocenters. The predicted molar refractivity (Wildman–Crippen MR) is 188 cm³/mol. The van der Waals surface area contributed by atoms with Gasteiger partial charge in [-0.05, 0) is 86.9 Å². The second-order valence-corrected chi connectivity index (χ2v) is 11.4. The summed E-state index contributed by atoms with van der Waals surface area (Å²) in [6, 6.07) is 61.5. The van der Waals surface area contributed by atoms with Gasteiger partial charge in [-0.15, -0.1) is 0 Å². The molecule has 0 unspecified atom stereocenters. The van der Waals surface area contributed by atoms with Gasteiger partial charge in [0, 0.05) is 27.8 Å². The molecule has 206 valence electrons. The highest BCUT2D eigenvalue weighted by atomic mass is 15.1. The fourth-order valence-electron chi connectivity index (χ4n) is 7.00. The van der Waals surface area contributed by atoms with Crippen molar-refractivity contribution >= 4 is 71.2 Å². The molecule has 0 radical (unpaired) electrons. The van der Waals surface area contributed by atoms with Crippen molar-refractivity contribution in [1.29, 1.82) is 0 Å². The molecule has 2 nitrogen and oxygen atoms in total. The smallest absolute Gasteiger partial charge is 0.0562 e. The minimum Gasteiger partial charge on any atom is -0.310 e. The monoisotopic (exact) mass is 560 g/mol. The van der Waals surface area contributed by atoms with Gasteiger partial charge in [0.1, 0.15) is 0 Å². The van der Waals surface area contributed by atoms with Gasteiger partial charge in [-0.1, -0.05) is 115 Å². The standard InChI is InChI=1S/C42H28N2/c1-3-13-31(14-4-1)43(33-24-27-35-30(28-33)23-26-36-34-17-8-7-12-29(34)22-25-37(35)36)40-20-11-21-41-42(40)38-18-9-10-19-39(38)44(41)32-15-5-2-6-16-32/h1-28H. The zero-order chi connectivity index (χ0) is 29.0. The summed E-state index contributed by atoms with van der Waals surface area (Å²) in [6.45, 7) is 0. The number of benzene rings is 8. The first-order chi connectivity index (χ1) is 21.8. The first kappa shape index (κ1) is 24.7. The highest BCUT2D eigenvalue weighted by Crippen LogP contribution is 2.44. The largest absolute Gasteiger partial charge is 0.310 e. The third-order valence-electron chi connectivity index (χ3n) is 8.93. The average Bonchev–Trinajstić information content (AvgIpc) is 3.44. The Morgan fingerprint density at radius 3 is 1.80 bits per heavy atom. The van der Waals surface area contributed by atoms with Crippen LogP contribution in [0.4, 0.5) is 17.1 Å². The van der Waals surface area contributed by atoms with Crippen LogP contribution < -0.4 is 4.90 Å². The number of nitrogens with zero attached hydrogens (tertiary/aromatic N) is 2. The van der Waals surface area contributed by atoms with Crippen molar-refractivity contribution in [3.8, 4) is 5.69 Å². The molecule has 44 heavy (non-hydrogen) atoms. The Balaban J connectivity index is 1.31. The summed E-state index contributed by atoms with van der Waals surface area (Å²) in [5, 5.41) is 10.1. The topological polar surface area (TPSA) is 8.17 Å². The fraction of sp³-hybridized carbons (Fsp3) is 0. The first-order valence-electron chi connectivity index (χ1n) is 15.1. The molecule has 9 rings (SSSR count). The van der Waals surface area contributed by atoms with Crippen molar-refractivity contribution in [3.05, 3.63) is 170 Å². The van der Waals surface area contributed by atoms with Gasteiger partial charge in [0.2, 0.25) is 0 Å². The predicted octanol–water partition coefficient (Wildman–Crippen LogP) is 11.7. The minimum atomic E-state index is 1.13. The molecular formula is C42H28N2. The molecule has 0 saturated carbocycles. The lowest BCUT2D eigenvalue weighted by molar-refractivity contribution is 1.18. The van der Waals surface area contributed by atoms with Gasteiger partial charge in [-0.3, -0.25) is 0 Å². The first-order valence-corrected chi connectivity index (χ1v) is 15.1. The summed E-state index contributed by atoms with van der Waals surface area (Å²) < 4.78 is 2.38. The fourth-order valence-corrected chi connectivity index (χ4v) is 7.00. The van der Waals surface area contributed by atoms with Crippen LogP contribution in [0.5, 0.6) is 0 Å². The summed E-state index contributed by atoms with van der Waals surface area (Å²) in [6.07, 6.45) is 0. The molecule has 1 heterocycles. The van der Waals surface area contributed by atoms with Gasteiger partial charge in [-0.2, -0.15) is 0 Å². The van der Waals surface area contributed by atoms with Crippen molar-refractivity contribution in [1.82, 2.24) is 4.57 Å². The van der Waals surface area contributed by atoms with E-state index in [4.69, 9.17) is 0 Å². The van der Waals surface area contributed by atoms with Crippen LogP contribution in [0.1, 0.15) is 0 Å². The van der Waals surface area contributed by atoms with Crippen molar-refractivity contribution in [3.63, 3.8) is 0 Å². The molecule has 8 aromatic carbocycles. The Hall–Kier alpha value is -5.86. The minimum absolute atomic E-state index is 1.13. The SMILES string of the molecule is c1ccc(N(c2ccc3c(ccc4c5ccccc5ccc34)c2)c2cccc3c2c2ccccc2n3-c2ccccc2)cc1. The molecule has 0 N–H and O–H groups in total. The van der Waals surface area contributed by atoms with Gasteiger partial charge < -0.3 is 9.47 Å². The lowest BCUT2D eigenvalue weighted by Crippen LogP contribution is -2.10. The second-order valence-electron chi connectivity index (χ2n) is 11.4. The van der Waals surface area contributed by atoms with E-state index in [0.29, 0.717) is 0 Å². The molecule has 0 aliphatic heterocycles. The highest BCUT2D eigenvalue weighted by molar-refractivity contribution is 6.19. The average molecular weight is 561 g/mol. The Morgan fingerprint density at radius 2 is 0.977 bits per heavy atom. The molecular weight excluding hydrogens is 532 g/mol. The summed E-state index contributed by atoms with van der Waals surface area (Å²) in [7, 11) is 0. The van der Waals surface area contributed by atoms with Crippen molar-refractivity contribution in [2.75, 3.05) is 4.90 Å². The third kappa shape index (κ3) is 3.75. The van der Waals surface area contributed by atoms with E-state index in [1.807, 2.05) is 0 Å². The van der Waals surface area contributed by atoms with Gasteiger partial charge in [0.05, 0.1) is 16.7 Å². The van der Waals surface area contributed by atoms with E-state index in [1.165, 1.54) is 54.1 Å². The Labute approximate surface area is 255 Å². The van der Waals surface area contributed by atoms with Crippen LogP contribution in [0, 0.1) is 0 Å². The van der Waals surface area contributed by atoms with Crippen LogP contribution in [0.2, 0.25) is 0 Å². The van der Waals surface area contributed by atoms with E-state index < -0.39 is 0 Å². The number of hydrogen-bond acceptors (Lipinski definition) is 1. The van der Waals surface area contributed by atoms with Crippen LogP contribution in [-0.2, 0) is 0 Å². The maximum absolute atomic E-state index is 2.41. The number of fused-ring (bicyclic) bond motifs is 8. The number of rotatable bonds is 4. The van der Waals surface area contributed by atoms with Crippen LogP contribution >= 0.6 is 0 Å². The zero-order valence-electron chi connectivity index (χ0n) is 24.1. The molecule has 0 aliphatic carbocycles. The van der Waals surface area contributed by atoms with Crippen LogP contribution in [0.3, 0.4) is 0 Å². The van der Waals surface area contributed by atoms with E-state index in [2.05, 4.69) is 179 Å². The van der Waals surface area contributed by atoms with E-state index in [-0.39, 0.29) is 0 Å². The molecule has 0 amide bonds. The lowest BCUT2D eigenvalue weighted by atomic mass is 9.96. The zero-order valence-corrected chi connectivity index (χ0v) is 24.1. The van der Waals surface area contributed by atoms with Crippen molar-refractivity contribution < 1.29 is 0 Å². The summed E-state index contributed by atoms with van der Waals surface area (Å²) in [5.41, 5.74) is 6.97. The maximum atomic E-state index is 2.41. The van der Waals surface area contributed by atoms with E-state index in [0.717, 1.165) is 22.7 Å². The lowest BCUT2D eigenvalue weighted by Gasteiger charge is -2.27. The van der Waals surface area contributed by atoms with Crippen LogP contribution in [0.15, 0.2) is 170 Å². The normalized spacial score (nSPS) is 11.6. The summed E-state index contributed by atoms with van der Waals surface area (Å²) in [4.78, 5) is 2.41. The summed E-state index contributed by atoms with van der Waals surface area (Å²) >= 11 is 0. The number of aromatic nitrogens is 1. The number of hydrogen-bond donors (Lipinski definition) is 0. The van der Waals surface area contributed by atoms with Crippen LogP contribution in [0.25, 0.3) is 59.8 Å². The molecule has 0 aliphatic rings. The quantitative estimate of drug-likeness (QED) is 0.194. The van der Waals surface area contributed by atoms with E-state index >= 15 is 0 Å². The van der Waals surface area contributed by atoms with Gasteiger partial charge in [-0.25, -0.2) is 0 Å². The Bertz CT molecular complexity index is 2490. The highest BCUT2D eigenvalue weighted by Gasteiger charge is 2.21. The van der Waals surface area contributed by atoms with E-state index in [9.17, 15) is 0 Å². The van der Waals surface area contributed by atoms with Gasteiger partial charge >= 0.3 is 0 Å². The molecule has 0 spiro atoms. The summed E-state index contributed by atoms with van der Waals surface area (Å²) in [5.74, 6) is 0. The van der Waals surface area contributed by atoms with Crippen LogP contribution in [-0.4, -0.2) is 4.57 Å². The number of para-hydroxylation sites is 3. The third-order valence-corrected chi connectivity index (χ3v) is 8.93. The molecule has 1 aromatic heterocycles. The molecule has 2 heteroatoms. The van der Waals surface area contributed by atoms with Gasteiger partial charge in [0.25, 0.3) is 0 Å². The second kappa shape index (κ2) is 9.86. The Morgan fingerprint density at radius 1 is 0.364 bits per heavy atom. The van der Waals surface area contributed by atoms with Crippen molar-refractivity contribution in [2.45, 2.75) is 0 Å². The maximum Gasteiger partial charge on any atom is 0.0562 e. The van der Waals surface area contributed by atoms with Crippen molar-refractivity contribution in [2.24, 2.45) is 0 Å². The molecule has 0 saturated heterocycles. The van der Waals surface area contributed by atoms with E-state index in [1.54, 1.807) is 0 Å². The number of anilines is 3. The Kier molecular flexibility index (Phi) is 5.54. The van der Waals surface area contributed by atoms with Gasteiger partial charge in [0.15, 0.2) is 0 Å².